The molecule has 37 heavy (non-hydrogen) atoms. The van der Waals surface area contributed by atoms with Crippen LogP contribution in [0, 0.1) is 0 Å². The Labute approximate surface area is 217 Å². The second kappa shape index (κ2) is 21.0. The van der Waals surface area contributed by atoms with E-state index in [1.54, 1.807) is 0 Å². The molecule has 2 aromatic carbocycles. The molecule has 19 heteroatoms. The number of carboxylic acids is 6. The maximum atomic E-state index is 10.6. The van der Waals surface area contributed by atoms with Gasteiger partial charge in [-0.25, -0.2) is 19.2 Å². The van der Waals surface area contributed by atoms with Crippen molar-refractivity contribution in [2.75, 3.05) is 0 Å². The molecule has 0 aliphatic heterocycles. The van der Waals surface area contributed by atoms with Gasteiger partial charge in [-0.15, -0.1) is 0 Å². The summed E-state index contributed by atoms with van der Waals surface area (Å²) in [6.45, 7) is 0. The zero-order valence-corrected chi connectivity index (χ0v) is 21.5. The van der Waals surface area contributed by atoms with Gasteiger partial charge in [0.05, 0.1) is 34.2 Å². The van der Waals surface area contributed by atoms with E-state index in [-0.39, 0.29) is 63.5 Å². The van der Waals surface area contributed by atoms with Gasteiger partial charge < -0.3 is 73.1 Å². The van der Waals surface area contributed by atoms with Gasteiger partial charge in [0, 0.05) is 11.1 Å². The Morgan fingerprint density at radius 1 is 0.486 bits per heavy atom. The Bertz CT molecular complexity index is 995. The Morgan fingerprint density at radius 2 is 0.730 bits per heavy atom. The minimum absolute atomic E-state index is 0. The minimum Gasteiger partial charge on any atom is -0.545 e. The minimum atomic E-state index is -1.66. The quantitative estimate of drug-likeness (QED) is 0.179. The van der Waals surface area contributed by atoms with Gasteiger partial charge in [-0.2, -0.15) is 0 Å². The molecule has 0 aromatic heterocycles. The number of carboxylic acid groups (broad SMARTS) is 6. The molecule has 2 rings (SSSR count). The third-order valence-electron chi connectivity index (χ3n) is 3.43. The smallest absolute Gasteiger partial charge is 0.545 e. The van der Waals surface area contributed by atoms with E-state index < -0.39 is 58.1 Å². The molecule has 0 amide bonds. The SMILES string of the molecule is O.O.O=C(O)c1ccc(C(=O)[O-])c(C(=O)O)c1.O=C(O)c1ccc(C(=O)[O-])c(C(=O)O)c1.[OH3+].[OH3+].[OH3+].[OH3+].[Zn+2]. The average Bonchev–Trinajstić information content (AvgIpc) is 2.67. The van der Waals surface area contributed by atoms with E-state index in [2.05, 4.69) is 0 Å². The number of carbonyl (C=O) groups excluding carboxylic acids is 2. The molecule has 20 N–H and O–H groups in total. The largest absolute Gasteiger partial charge is 2.00 e. The number of rotatable bonds is 6. The van der Waals surface area contributed by atoms with Crippen molar-refractivity contribution < 1.29 is 112 Å². The first kappa shape index (κ1) is 49.7. The van der Waals surface area contributed by atoms with E-state index in [4.69, 9.17) is 20.4 Å². The van der Waals surface area contributed by atoms with Crippen LogP contribution in [0.4, 0.5) is 0 Å². The molecule has 18 nitrogen and oxygen atoms in total. The van der Waals surface area contributed by atoms with Crippen LogP contribution in [0.25, 0.3) is 0 Å². The van der Waals surface area contributed by atoms with Gasteiger partial charge in [-0.05, 0) is 24.3 Å². The van der Waals surface area contributed by atoms with Gasteiger partial charge in [0.15, 0.2) is 0 Å². The molecule has 204 valence electrons. The maximum absolute atomic E-state index is 10.6. The fourth-order valence-electron chi connectivity index (χ4n) is 2.06. The summed E-state index contributed by atoms with van der Waals surface area (Å²) < 4.78 is 0. The van der Waals surface area contributed by atoms with Crippen molar-refractivity contribution in [3.8, 4) is 0 Å². The van der Waals surface area contributed by atoms with Crippen molar-refractivity contribution in [3.63, 3.8) is 0 Å². The van der Waals surface area contributed by atoms with Crippen LogP contribution in [-0.2, 0) is 41.4 Å². The summed E-state index contributed by atoms with van der Waals surface area (Å²) in [6, 6.07) is 5.33. The monoisotopic (exact) mass is 594 g/mol. The van der Waals surface area contributed by atoms with Crippen LogP contribution < -0.4 is 10.2 Å². The van der Waals surface area contributed by atoms with Crippen molar-refractivity contribution in [3.05, 3.63) is 69.8 Å². The van der Waals surface area contributed by atoms with Gasteiger partial charge in [0.2, 0.25) is 0 Å². The molecule has 0 unspecified atom stereocenters. The normalized spacial score (nSPS) is 7.78. The Kier molecular flexibility index (Phi) is 28.2. The Balaban J connectivity index is -0.0000000818. The van der Waals surface area contributed by atoms with Crippen LogP contribution in [0.3, 0.4) is 0 Å². The van der Waals surface area contributed by atoms with Crippen molar-refractivity contribution in [1.82, 2.24) is 0 Å². The van der Waals surface area contributed by atoms with E-state index in [1.807, 2.05) is 0 Å². The molecule has 0 aliphatic carbocycles. The summed E-state index contributed by atoms with van der Waals surface area (Å²) in [4.78, 5) is 63.2. The summed E-state index contributed by atoms with van der Waals surface area (Å²) in [5.74, 6) is -9.02. The zero-order chi connectivity index (χ0) is 23.2. The topological polar surface area (TPSA) is 424 Å². The van der Waals surface area contributed by atoms with E-state index in [0.717, 1.165) is 36.4 Å². The summed E-state index contributed by atoms with van der Waals surface area (Å²) in [6.07, 6.45) is 0. The molecule has 0 saturated carbocycles. The first-order valence-electron chi connectivity index (χ1n) is 7.50. The molecule has 2 aromatic rings. The van der Waals surface area contributed by atoms with E-state index in [1.165, 1.54) is 0 Å². The van der Waals surface area contributed by atoms with Crippen molar-refractivity contribution in [2.45, 2.75) is 0 Å². The molecule has 0 fully saturated rings. The molecule has 0 atom stereocenters. The standard InChI is InChI=1S/2C9H6O6.6H2O.Zn/c2*10-7(11)4-1-2-5(8(12)13)6(3-4)9(14)15;;;;;;;/h2*1-3H,(H,10,11)(H,12,13)(H,14,15);6*1H2;/q;;;;;;;;+2/p+2. The maximum Gasteiger partial charge on any atom is 2.00 e. The van der Waals surface area contributed by atoms with Gasteiger partial charge in [-0.3, -0.25) is 0 Å². The number of hydrogen-bond donors (Lipinski definition) is 4. The number of benzene rings is 2. The van der Waals surface area contributed by atoms with Crippen molar-refractivity contribution in [1.29, 1.82) is 0 Å². The second-order valence-electron chi connectivity index (χ2n) is 5.32. The van der Waals surface area contributed by atoms with Crippen LogP contribution >= 0.6 is 0 Å². The molecular weight excluding hydrogens is 570 g/mol. The Hall–Kier alpha value is -4.36. The van der Waals surface area contributed by atoms with Crippen LogP contribution in [0.15, 0.2) is 36.4 Å². The molecule has 0 saturated heterocycles. The van der Waals surface area contributed by atoms with E-state index in [9.17, 15) is 39.0 Å². The van der Waals surface area contributed by atoms with Gasteiger partial charge >= 0.3 is 43.4 Å². The molecule has 0 spiro atoms. The van der Waals surface area contributed by atoms with Crippen molar-refractivity contribution in [2.24, 2.45) is 0 Å². The predicted molar refractivity (Wildman–Crippen MR) is 116 cm³/mol. The third kappa shape index (κ3) is 13.3. The predicted octanol–water partition coefficient (Wildman–Crippen LogP) is -6.45. The molecule has 0 radical (unpaired) electrons. The van der Waals surface area contributed by atoms with Gasteiger partial charge in [-0.1, -0.05) is 12.1 Å². The molecular formula is C18H26O18Zn+4. The van der Waals surface area contributed by atoms with Crippen LogP contribution in [0.1, 0.15) is 62.1 Å². The van der Waals surface area contributed by atoms with Gasteiger partial charge in [0.1, 0.15) is 0 Å². The molecule has 0 heterocycles. The summed E-state index contributed by atoms with van der Waals surface area (Å²) >= 11 is 0. The van der Waals surface area contributed by atoms with Crippen LogP contribution in [-0.4, -0.2) is 67.2 Å². The van der Waals surface area contributed by atoms with E-state index >= 15 is 0 Å². The average molecular weight is 596 g/mol. The van der Waals surface area contributed by atoms with Crippen molar-refractivity contribution >= 4 is 35.8 Å². The van der Waals surface area contributed by atoms with Gasteiger partial charge in [0.25, 0.3) is 0 Å². The third-order valence-corrected chi connectivity index (χ3v) is 3.43. The zero-order valence-electron chi connectivity index (χ0n) is 18.5. The Morgan fingerprint density at radius 3 is 0.892 bits per heavy atom. The number of hydrogen-bond acceptors (Lipinski definition) is 8. The number of carbonyl (C=O) groups is 6. The fraction of sp³-hybridized carbons (Fsp3) is 0. The summed E-state index contributed by atoms with van der Waals surface area (Å²) in [5.41, 5.74) is -2.89. The first-order valence-corrected chi connectivity index (χ1v) is 7.50. The fourth-order valence-corrected chi connectivity index (χ4v) is 2.06. The van der Waals surface area contributed by atoms with Crippen LogP contribution in [0.5, 0.6) is 0 Å². The molecule has 0 aliphatic rings. The van der Waals surface area contributed by atoms with Crippen LogP contribution in [0.2, 0.25) is 0 Å². The summed E-state index contributed by atoms with van der Waals surface area (Å²) in [7, 11) is 0. The second-order valence-corrected chi connectivity index (χ2v) is 5.32. The molecule has 0 bridgehead atoms. The summed E-state index contributed by atoms with van der Waals surface area (Å²) in [5, 5.41) is 55.4. The first-order chi connectivity index (χ1) is 13.9. The van der Waals surface area contributed by atoms with E-state index in [0.29, 0.717) is 0 Å². The number of aromatic carboxylic acids is 6.